The molecule has 0 aromatic carbocycles. The number of carbonyl (C=O) groups excluding carboxylic acids is 2. The molecule has 2 unspecified atom stereocenters. The van der Waals surface area contributed by atoms with Crippen molar-refractivity contribution in [3.63, 3.8) is 0 Å². The van der Waals surface area contributed by atoms with E-state index in [2.05, 4.69) is 55.6 Å². The first kappa shape index (κ1) is 56.6. The molecule has 0 saturated carbocycles. The van der Waals surface area contributed by atoms with Crippen LogP contribution in [0.2, 0.25) is 0 Å². The van der Waals surface area contributed by atoms with Crippen LogP contribution in [0.25, 0.3) is 0 Å². The van der Waals surface area contributed by atoms with Gasteiger partial charge in [-0.1, -0.05) is 192 Å². The van der Waals surface area contributed by atoms with Gasteiger partial charge in [0.25, 0.3) is 0 Å². The Morgan fingerprint density at radius 3 is 1.36 bits per heavy atom. The first-order valence-corrected chi connectivity index (χ1v) is 25.3. The molecule has 0 radical (unpaired) electrons. The minimum atomic E-state index is -1.00. The summed E-state index contributed by atoms with van der Waals surface area (Å²) in [7, 11) is 0. The Morgan fingerprint density at radius 2 is 0.881 bits per heavy atom. The van der Waals surface area contributed by atoms with Crippen LogP contribution in [0.3, 0.4) is 0 Å². The topological polar surface area (TPSA) is 119 Å². The zero-order valence-electron chi connectivity index (χ0n) is 38.9. The Labute approximate surface area is 365 Å². The van der Waals surface area contributed by atoms with Crippen molar-refractivity contribution < 1.29 is 24.2 Å². The third-order valence-corrected chi connectivity index (χ3v) is 11.5. The lowest BCUT2D eigenvalue weighted by atomic mass is 10.0. The number of carbonyl (C=O) groups is 3. The van der Waals surface area contributed by atoms with Crippen LogP contribution in [0.1, 0.15) is 258 Å². The number of nitrogens with one attached hydrogen (secondary N) is 1. The Bertz CT molecular complexity index is 1020. The average Bonchev–Trinajstić information content (AvgIpc) is 3.22. The lowest BCUT2D eigenvalue weighted by Crippen LogP contribution is -2.40. The summed E-state index contributed by atoms with van der Waals surface area (Å²) in [4.78, 5) is 36.5. The summed E-state index contributed by atoms with van der Waals surface area (Å²) < 4.78 is 6.08. The minimum absolute atomic E-state index is 0.00720. The number of aliphatic carboxylic acids is 1. The summed E-state index contributed by atoms with van der Waals surface area (Å²) in [5, 5.41) is 12.0. The van der Waals surface area contributed by atoms with Crippen LogP contribution in [0.4, 0.5) is 0 Å². The third kappa shape index (κ3) is 43.5. The van der Waals surface area contributed by atoms with Gasteiger partial charge in [0.2, 0.25) is 5.91 Å². The second-order valence-corrected chi connectivity index (χ2v) is 17.2. The van der Waals surface area contributed by atoms with Crippen molar-refractivity contribution in [2.45, 2.75) is 270 Å². The number of esters is 1. The standard InChI is InChI=1S/C52H96N2O5/c1-3-5-7-9-11-13-15-17-19-20-21-22-23-25-27-29-31-36-40-46-51(56)59-48(42-37-33-30-28-26-24-18-16-14-12-10-8-6-4-2)43-38-34-32-35-39-45-50(55)54-49(52(57)58)44-41-47-53/h11,13,17,19,21-22,48-49H,3-10,12,14-16,18,20,23-47,53H2,1-2H3,(H,54,55)(H,57,58)/b13-11-,19-17-,22-21-. The van der Waals surface area contributed by atoms with Gasteiger partial charge in [-0.3, -0.25) is 9.59 Å². The van der Waals surface area contributed by atoms with E-state index in [0.717, 1.165) is 83.5 Å². The van der Waals surface area contributed by atoms with Gasteiger partial charge in [0, 0.05) is 12.8 Å². The van der Waals surface area contributed by atoms with E-state index in [9.17, 15) is 19.5 Å². The molecule has 344 valence electrons. The fourth-order valence-electron chi connectivity index (χ4n) is 7.64. The second kappa shape index (κ2) is 46.7. The van der Waals surface area contributed by atoms with Gasteiger partial charge in [0.05, 0.1) is 0 Å². The predicted octanol–water partition coefficient (Wildman–Crippen LogP) is 15.0. The second-order valence-electron chi connectivity index (χ2n) is 17.2. The van der Waals surface area contributed by atoms with Gasteiger partial charge in [-0.25, -0.2) is 4.79 Å². The summed E-state index contributed by atoms with van der Waals surface area (Å²) in [5.41, 5.74) is 5.50. The van der Waals surface area contributed by atoms with E-state index in [4.69, 9.17) is 10.5 Å². The van der Waals surface area contributed by atoms with Crippen molar-refractivity contribution in [3.05, 3.63) is 36.5 Å². The van der Waals surface area contributed by atoms with Crippen LogP contribution in [0.15, 0.2) is 36.5 Å². The summed E-state index contributed by atoms with van der Waals surface area (Å²) >= 11 is 0. The molecule has 0 aliphatic rings. The number of rotatable bonds is 46. The first-order chi connectivity index (χ1) is 28.9. The predicted molar refractivity (Wildman–Crippen MR) is 253 cm³/mol. The molecule has 0 bridgehead atoms. The summed E-state index contributed by atoms with van der Waals surface area (Å²) in [5.74, 6) is -1.23. The van der Waals surface area contributed by atoms with E-state index in [-0.39, 0.29) is 18.0 Å². The van der Waals surface area contributed by atoms with Crippen LogP contribution in [0.5, 0.6) is 0 Å². The van der Waals surface area contributed by atoms with Gasteiger partial charge in [0.1, 0.15) is 12.1 Å². The van der Waals surface area contributed by atoms with Crippen molar-refractivity contribution >= 4 is 17.8 Å². The van der Waals surface area contributed by atoms with Gasteiger partial charge in [-0.2, -0.15) is 0 Å². The SMILES string of the molecule is CCCCC/C=C\C/C=C\C/C=C\CCCCCCCCC(=O)OC(CCCCCCCCCCCCCCCC)CCCCCCCC(=O)NC(CCCN)C(=O)O. The number of unbranched alkanes of at least 4 members (excludes halogenated alkanes) is 26. The van der Waals surface area contributed by atoms with Gasteiger partial charge < -0.3 is 20.9 Å². The molecule has 0 aliphatic carbocycles. The lowest BCUT2D eigenvalue weighted by Gasteiger charge is -2.18. The number of carboxylic acids is 1. The molecule has 2 atom stereocenters. The van der Waals surface area contributed by atoms with E-state index in [1.54, 1.807) is 0 Å². The fourth-order valence-corrected chi connectivity index (χ4v) is 7.64. The Morgan fingerprint density at radius 1 is 0.492 bits per heavy atom. The Hall–Kier alpha value is -2.41. The number of hydrogen-bond donors (Lipinski definition) is 3. The summed E-state index contributed by atoms with van der Waals surface area (Å²) in [6.07, 6.45) is 56.2. The molecule has 4 N–H and O–H groups in total. The highest BCUT2D eigenvalue weighted by atomic mass is 16.5. The molecule has 0 aliphatic heterocycles. The third-order valence-electron chi connectivity index (χ3n) is 11.5. The van der Waals surface area contributed by atoms with Crippen molar-refractivity contribution in [2.75, 3.05) is 6.54 Å². The maximum Gasteiger partial charge on any atom is 0.326 e. The van der Waals surface area contributed by atoms with Crippen molar-refractivity contribution in [1.29, 1.82) is 0 Å². The van der Waals surface area contributed by atoms with Crippen LogP contribution in [-0.2, 0) is 19.1 Å². The molecular weight excluding hydrogens is 733 g/mol. The molecule has 0 aromatic rings. The van der Waals surface area contributed by atoms with Crippen LogP contribution in [0, 0.1) is 0 Å². The molecule has 0 fully saturated rings. The van der Waals surface area contributed by atoms with Gasteiger partial charge >= 0.3 is 11.9 Å². The molecule has 7 heteroatoms. The van der Waals surface area contributed by atoms with Crippen LogP contribution in [-0.4, -0.2) is 41.6 Å². The van der Waals surface area contributed by atoms with Gasteiger partial charge in [-0.05, 0) is 96.4 Å². The molecule has 0 saturated heterocycles. The van der Waals surface area contributed by atoms with E-state index in [1.165, 1.54) is 135 Å². The number of carboxylic acid groups (broad SMARTS) is 1. The van der Waals surface area contributed by atoms with Crippen LogP contribution >= 0.6 is 0 Å². The lowest BCUT2D eigenvalue weighted by molar-refractivity contribution is -0.150. The summed E-state index contributed by atoms with van der Waals surface area (Å²) in [6.45, 7) is 4.94. The number of amides is 1. The highest BCUT2D eigenvalue weighted by Gasteiger charge is 2.19. The van der Waals surface area contributed by atoms with Crippen molar-refractivity contribution in [2.24, 2.45) is 5.73 Å². The van der Waals surface area contributed by atoms with Gasteiger partial charge in [0.15, 0.2) is 0 Å². The summed E-state index contributed by atoms with van der Waals surface area (Å²) in [6, 6.07) is -0.857. The molecular formula is C52H96N2O5. The number of allylic oxidation sites excluding steroid dienone is 6. The largest absolute Gasteiger partial charge is 0.480 e. The highest BCUT2D eigenvalue weighted by molar-refractivity contribution is 5.83. The van der Waals surface area contributed by atoms with Crippen molar-refractivity contribution in [3.8, 4) is 0 Å². The molecule has 0 heterocycles. The highest BCUT2D eigenvalue weighted by Crippen LogP contribution is 2.19. The van der Waals surface area contributed by atoms with E-state index in [0.29, 0.717) is 32.2 Å². The van der Waals surface area contributed by atoms with Crippen LogP contribution < -0.4 is 11.1 Å². The zero-order valence-corrected chi connectivity index (χ0v) is 38.9. The average molecular weight is 829 g/mol. The molecule has 7 nitrogen and oxygen atoms in total. The molecule has 0 rings (SSSR count). The van der Waals surface area contributed by atoms with E-state index < -0.39 is 12.0 Å². The molecule has 59 heavy (non-hydrogen) atoms. The minimum Gasteiger partial charge on any atom is -0.480 e. The normalized spacial score (nSPS) is 12.9. The molecule has 1 amide bonds. The molecule has 0 spiro atoms. The van der Waals surface area contributed by atoms with Crippen molar-refractivity contribution in [1.82, 2.24) is 5.32 Å². The number of ether oxygens (including phenoxy) is 1. The number of nitrogens with two attached hydrogens (primary N) is 1. The maximum atomic E-state index is 12.9. The smallest absolute Gasteiger partial charge is 0.326 e. The van der Waals surface area contributed by atoms with Gasteiger partial charge in [-0.15, -0.1) is 0 Å². The van der Waals surface area contributed by atoms with E-state index >= 15 is 0 Å². The molecule has 0 aromatic heterocycles. The maximum absolute atomic E-state index is 12.9. The quantitative estimate of drug-likeness (QED) is 0.0319. The van der Waals surface area contributed by atoms with E-state index in [1.807, 2.05) is 0 Å². The number of hydrogen-bond acceptors (Lipinski definition) is 5. The first-order valence-electron chi connectivity index (χ1n) is 25.3. The Kier molecular flexibility index (Phi) is 44.7. The zero-order chi connectivity index (χ0) is 43.1. The Balaban J connectivity index is 4.31. The fraction of sp³-hybridized carbons (Fsp3) is 0.827. The monoisotopic (exact) mass is 829 g/mol.